The van der Waals surface area contributed by atoms with Gasteiger partial charge in [0.05, 0.1) is 0 Å². The lowest BCUT2D eigenvalue weighted by molar-refractivity contribution is 0.0753. The van der Waals surface area contributed by atoms with E-state index in [-0.39, 0.29) is 5.91 Å². The van der Waals surface area contributed by atoms with E-state index in [4.69, 9.17) is 11.6 Å². The van der Waals surface area contributed by atoms with E-state index in [2.05, 4.69) is 17.1 Å². The third-order valence-electron chi connectivity index (χ3n) is 3.56. The van der Waals surface area contributed by atoms with Crippen molar-refractivity contribution >= 4 is 17.5 Å². The summed E-state index contributed by atoms with van der Waals surface area (Å²) in [5.74, 6) is 0.718. The van der Waals surface area contributed by atoms with E-state index >= 15 is 0 Å². The van der Waals surface area contributed by atoms with E-state index in [1.165, 1.54) is 12.8 Å². The summed E-state index contributed by atoms with van der Waals surface area (Å²) >= 11 is 5.67. The van der Waals surface area contributed by atoms with Crippen molar-refractivity contribution in [2.45, 2.75) is 32.6 Å². The van der Waals surface area contributed by atoms with Crippen LogP contribution in [0.15, 0.2) is 12.1 Å². The lowest BCUT2D eigenvalue weighted by atomic mass is 9.98. The Bertz CT molecular complexity index is 407. The lowest BCUT2D eigenvalue weighted by Crippen LogP contribution is -2.32. The zero-order chi connectivity index (χ0) is 13.0. The molecule has 0 spiro atoms. The molecule has 2 heterocycles. The SMILES string of the molecule is CCC1CCCN(C(=O)c2ccc(Cl)nn2)CC1. The summed E-state index contributed by atoms with van der Waals surface area (Å²) in [6.07, 6.45) is 4.57. The number of likely N-dealkylation sites (tertiary alicyclic amines) is 1. The van der Waals surface area contributed by atoms with E-state index in [0.717, 1.165) is 31.8 Å². The smallest absolute Gasteiger partial charge is 0.274 e. The fourth-order valence-corrected chi connectivity index (χ4v) is 2.47. The third-order valence-corrected chi connectivity index (χ3v) is 3.76. The van der Waals surface area contributed by atoms with Gasteiger partial charge in [0.15, 0.2) is 10.8 Å². The molecule has 2 rings (SSSR count). The summed E-state index contributed by atoms with van der Waals surface area (Å²) < 4.78 is 0. The van der Waals surface area contributed by atoms with Crippen LogP contribution >= 0.6 is 11.6 Å². The number of rotatable bonds is 2. The van der Waals surface area contributed by atoms with Gasteiger partial charge in [-0.15, -0.1) is 10.2 Å². The number of halogens is 1. The van der Waals surface area contributed by atoms with E-state index in [1.54, 1.807) is 12.1 Å². The van der Waals surface area contributed by atoms with Gasteiger partial charge in [-0.1, -0.05) is 24.9 Å². The normalized spacial score (nSPS) is 20.6. The maximum Gasteiger partial charge on any atom is 0.274 e. The second-order valence-electron chi connectivity index (χ2n) is 4.74. The number of hydrogen-bond donors (Lipinski definition) is 0. The van der Waals surface area contributed by atoms with Crippen molar-refractivity contribution in [2.75, 3.05) is 13.1 Å². The number of carbonyl (C=O) groups is 1. The van der Waals surface area contributed by atoms with Crippen molar-refractivity contribution in [1.82, 2.24) is 15.1 Å². The summed E-state index contributed by atoms with van der Waals surface area (Å²) in [6.45, 7) is 3.86. The van der Waals surface area contributed by atoms with Crippen LogP contribution in [0.2, 0.25) is 5.15 Å². The molecule has 5 heteroatoms. The Balaban J connectivity index is 2.02. The van der Waals surface area contributed by atoms with Crippen LogP contribution in [-0.2, 0) is 0 Å². The second kappa shape index (κ2) is 6.14. The molecule has 1 saturated heterocycles. The van der Waals surface area contributed by atoms with Crippen LogP contribution < -0.4 is 0 Å². The van der Waals surface area contributed by atoms with E-state index < -0.39 is 0 Å². The zero-order valence-corrected chi connectivity index (χ0v) is 11.4. The Morgan fingerprint density at radius 1 is 1.39 bits per heavy atom. The predicted octanol–water partition coefficient (Wildman–Crippen LogP) is 2.78. The first kappa shape index (κ1) is 13.3. The van der Waals surface area contributed by atoms with E-state index in [1.807, 2.05) is 4.90 Å². The van der Waals surface area contributed by atoms with Gasteiger partial charge in [-0.2, -0.15) is 0 Å². The van der Waals surface area contributed by atoms with Gasteiger partial charge in [-0.25, -0.2) is 0 Å². The highest BCUT2D eigenvalue weighted by molar-refractivity contribution is 6.29. The summed E-state index contributed by atoms with van der Waals surface area (Å²) in [4.78, 5) is 14.1. The van der Waals surface area contributed by atoms with Crippen LogP contribution in [0.3, 0.4) is 0 Å². The summed E-state index contributed by atoms with van der Waals surface area (Å²) in [5, 5.41) is 7.88. The molecule has 0 radical (unpaired) electrons. The minimum Gasteiger partial charge on any atom is -0.337 e. The van der Waals surface area contributed by atoms with Gasteiger partial charge in [0.2, 0.25) is 0 Å². The lowest BCUT2D eigenvalue weighted by Gasteiger charge is -2.19. The molecular formula is C13H18ClN3O. The standard InChI is InChI=1S/C13H18ClN3O/c1-2-10-4-3-8-17(9-7-10)13(18)11-5-6-12(14)16-15-11/h5-6,10H,2-4,7-9H2,1H3. The summed E-state index contributed by atoms with van der Waals surface area (Å²) in [5.41, 5.74) is 0.384. The van der Waals surface area contributed by atoms with E-state index in [0.29, 0.717) is 10.8 Å². The van der Waals surface area contributed by atoms with Gasteiger partial charge in [-0.3, -0.25) is 4.79 Å². The molecule has 1 aromatic rings. The van der Waals surface area contributed by atoms with Gasteiger partial charge < -0.3 is 4.90 Å². The Morgan fingerprint density at radius 2 is 2.22 bits per heavy atom. The maximum absolute atomic E-state index is 12.2. The number of aromatic nitrogens is 2. The van der Waals surface area contributed by atoms with Gasteiger partial charge in [-0.05, 0) is 37.3 Å². The van der Waals surface area contributed by atoms with Crippen LogP contribution in [0.25, 0.3) is 0 Å². The quantitative estimate of drug-likeness (QED) is 0.828. The largest absolute Gasteiger partial charge is 0.337 e. The Morgan fingerprint density at radius 3 is 2.89 bits per heavy atom. The third kappa shape index (κ3) is 3.19. The van der Waals surface area contributed by atoms with Crippen molar-refractivity contribution < 1.29 is 4.79 Å². The average Bonchev–Trinajstić information content (AvgIpc) is 2.64. The monoisotopic (exact) mass is 267 g/mol. The zero-order valence-electron chi connectivity index (χ0n) is 10.6. The van der Waals surface area contributed by atoms with Crippen LogP contribution in [0.4, 0.5) is 0 Å². The molecule has 1 aliphatic heterocycles. The molecule has 1 fully saturated rings. The number of carbonyl (C=O) groups excluding carboxylic acids is 1. The molecule has 1 aliphatic rings. The average molecular weight is 268 g/mol. The molecule has 98 valence electrons. The predicted molar refractivity (Wildman–Crippen MR) is 70.6 cm³/mol. The molecule has 0 N–H and O–H groups in total. The maximum atomic E-state index is 12.2. The fourth-order valence-electron chi connectivity index (χ4n) is 2.37. The Kier molecular flexibility index (Phi) is 4.53. The minimum absolute atomic E-state index is 0.0316. The highest BCUT2D eigenvalue weighted by Crippen LogP contribution is 2.21. The summed E-state index contributed by atoms with van der Waals surface area (Å²) in [7, 11) is 0. The van der Waals surface area contributed by atoms with Crippen LogP contribution in [-0.4, -0.2) is 34.1 Å². The molecule has 0 aromatic carbocycles. The van der Waals surface area contributed by atoms with Gasteiger partial charge >= 0.3 is 0 Å². The van der Waals surface area contributed by atoms with Crippen LogP contribution in [0.5, 0.6) is 0 Å². The van der Waals surface area contributed by atoms with Crippen molar-refractivity contribution in [2.24, 2.45) is 5.92 Å². The fraction of sp³-hybridized carbons (Fsp3) is 0.615. The molecule has 1 unspecified atom stereocenters. The van der Waals surface area contributed by atoms with E-state index in [9.17, 15) is 4.79 Å². The van der Waals surface area contributed by atoms with Crippen molar-refractivity contribution in [3.8, 4) is 0 Å². The Hall–Kier alpha value is -1.16. The van der Waals surface area contributed by atoms with Crippen molar-refractivity contribution in [3.63, 3.8) is 0 Å². The second-order valence-corrected chi connectivity index (χ2v) is 5.13. The molecular weight excluding hydrogens is 250 g/mol. The Labute approximate surface area is 112 Å². The van der Waals surface area contributed by atoms with Gasteiger partial charge in [0.25, 0.3) is 5.91 Å². The first-order valence-corrected chi connectivity index (χ1v) is 6.87. The first-order valence-electron chi connectivity index (χ1n) is 6.49. The first-order chi connectivity index (χ1) is 8.70. The molecule has 1 aromatic heterocycles. The van der Waals surface area contributed by atoms with Gasteiger partial charge in [0, 0.05) is 13.1 Å². The number of hydrogen-bond acceptors (Lipinski definition) is 3. The molecule has 4 nitrogen and oxygen atoms in total. The molecule has 1 amide bonds. The highest BCUT2D eigenvalue weighted by Gasteiger charge is 2.21. The summed E-state index contributed by atoms with van der Waals surface area (Å²) in [6, 6.07) is 3.24. The molecule has 1 atom stereocenters. The van der Waals surface area contributed by atoms with Crippen molar-refractivity contribution in [1.29, 1.82) is 0 Å². The topological polar surface area (TPSA) is 46.1 Å². The minimum atomic E-state index is -0.0316. The van der Waals surface area contributed by atoms with Crippen molar-refractivity contribution in [3.05, 3.63) is 23.0 Å². The molecule has 0 aliphatic carbocycles. The van der Waals surface area contributed by atoms with Crippen LogP contribution in [0.1, 0.15) is 43.1 Å². The van der Waals surface area contributed by atoms with Crippen LogP contribution in [0, 0.1) is 5.92 Å². The van der Waals surface area contributed by atoms with Gasteiger partial charge in [0.1, 0.15) is 0 Å². The number of amides is 1. The molecule has 0 bridgehead atoms. The molecule has 18 heavy (non-hydrogen) atoms. The highest BCUT2D eigenvalue weighted by atomic mass is 35.5. The number of nitrogens with zero attached hydrogens (tertiary/aromatic N) is 3. The molecule has 0 saturated carbocycles.